The van der Waals surface area contributed by atoms with E-state index in [1.54, 1.807) is 6.07 Å². The van der Waals surface area contributed by atoms with E-state index in [2.05, 4.69) is 0 Å². The maximum absolute atomic E-state index is 12.7. The molecule has 0 amide bonds. The molecule has 1 aromatic carbocycles. The number of hydrogen-bond acceptors (Lipinski definition) is 3. The minimum Gasteiger partial charge on any atom is -0.768 e. The van der Waals surface area contributed by atoms with Gasteiger partial charge in [0, 0.05) is 4.90 Å². The Bertz CT molecular complexity index is 417. The van der Waals surface area contributed by atoms with E-state index >= 15 is 0 Å². The van der Waals surface area contributed by atoms with Crippen molar-refractivity contribution < 1.29 is 42.7 Å². The molecule has 0 saturated heterocycles. The summed E-state index contributed by atoms with van der Waals surface area (Å²) in [6.45, 7) is 1.44. The normalized spacial score (nSPS) is 11.3. The first-order valence-corrected chi connectivity index (χ1v) is 4.43. The summed E-state index contributed by atoms with van der Waals surface area (Å²) >= 11 is -2.50. The molecule has 1 atom stereocenters. The fraction of sp³-hybridized carbons (Fsp3) is 0.125. The standard InChI is InChI=1S/C8H6FNO2S.Na/c1-5-2-7(9)3-6(4-10)8(5)13(11)12;/h2-3H,1H3,(H,11,12);/q;+1/p-1. The third-order valence-corrected chi connectivity index (χ3v) is 2.40. The largest absolute Gasteiger partial charge is 1.00 e. The number of nitriles is 1. The molecule has 0 spiro atoms. The van der Waals surface area contributed by atoms with E-state index in [1.807, 2.05) is 0 Å². The van der Waals surface area contributed by atoms with Gasteiger partial charge in [0.1, 0.15) is 11.9 Å². The summed E-state index contributed by atoms with van der Waals surface area (Å²) < 4.78 is 34.0. The van der Waals surface area contributed by atoms with Crippen LogP contribution in [0.15, 0.2) is 17.0 Å². The van der Waals surface area contributed by atoms with Crippen LogP contribution in [0.2, 0.25) is 0 Å². The van der Waals surface area contributed by atoms with E-state index in [0.717, 1.165) is 12.1 Å². The number of hydrogen-bond donors (Lipinski definition) is 0. The Morgan fingerprint density at radius 1 is 1.57 bits per heavy atom. The second-order valence-corrected chi connectivity index (χ2v) is 3.32. The molecule has 14 heavy (non-hydrogen) atoms. The summed E-state index contributed by atoms with van der Waals surface area (Å²) in [4.78, 5) is -0.135. The number of rotatable bonds is 1. The second kappa shape index (κ2) is 5.59. The van der Waals surface area contributed by atoms with Crippen LogP contribution in [-0.4, -0.2) is 8.76 Å². The topological polar surface area (TPSA) is 63.9 Å². The van der Waals surface area contributed by atoms with Crippen molar-refractivity contribution in [2.75, 3.05) is 0 Å². The molecular weight excluding hydrogens is 216 g/mol. The molecule has 0 aliphatic rings. The molecule has 0 N–H and O–H groups in total. The van der Waals surface area contributed by atoms with E-state index in [1.165, 1.54) is 6.92 Å². The van der Waals surface area contributed by atoms with Crippen molar-refractivity contribution in [1.29, 1.82) is 5.26 Å². The smallest absolute Gasteiger partial charge is 0.768 e. The summed E-state index contributed by atoms with van der Waals surface area (Å²) in [7, 11) is 0. The monoisotopic (exact) mass is 221 g/mol. The molecule has 3 nitrogen and oxygen atoms in total. The molecule has 0 heterocycles. The van der Waals surface area contributed by atoms with Gasteiger partial charge in [-0.25, -0.2) is 4.39 Å². The van der Waals surface area contributed by atoms with Gasteiger partial charge >= 0.3 is 29.6 Å². The van der Waals surface area contributed by atoms with Crippen LogP contribution in [0, 0.1) is 24.1 Å². The summed E-state index contributed by atoms with van der Waals surface area (Å²) in [6.07, 6.45) is 0. The maximum Gasteiger partial charge on any atom is 1.00 e. The molecule has 68 valence electrons. The third-order valence-electron chi connectivity index (χ3n) is 1.53. The molecule has 6 heteroatoms. The van der Waals surface area contributed by atoms with Gasteiger partial charge in [-0.1, -0.05) is 0 Å². The molecule has 0 bridgehead atoms. The van der Waals surface area contributed by atoms with Crippen LogP contribution in [-0.2, 0) is 11.1 Å². The molecule has 0 saturated carbocycles. The Hall–Kier alpha value is -0.250. The Morgan fingerprint density at radius 2 is 2.14 bits per heavy atom. The van der Waals surface area contributed by atoms with Crippen molar-refractivity contribution in [2.45, 2.75) is 11.8 Å². The summed E-state index contributed by atoms with van der Waals surface area (Å²) in [5.41, 5.74) is 0.0794. The molecule has 0 aromatic heterocycles. The van der Waals surface area contributed by atoms with Crippen molar-refractivity contribution in [3.63, 3.8) is 0 Å². The summed E-state index contributed by atoms with van der Waals surface area (Å²) in [6, 6.07) is 3.60. The molecule has 0 fully saturated rings. The zero-order valence-corrected chi connectivity index (χ0v) is 10.5. The first-order chi connectivity index (χ1) is 6.06. The van der Waals surface area contributed by atoms with Crippen LogP contribution in [0.1, 0.15) is 11.1 Å². The quantitative estimate of drug-likeness (QED) is 0.417. The molecular formula is C8H5FNNaO2S. The van der Waals surface area contributed by atoms with Crippen LogP contribution in [0.5, 0.6) is 0 Å². The van der Waals surface area contributed by atoms with Crippen LogP contribution >= 0.6 is 0 Å². The SMILES string of the molecule is Cc1cc(F)cc(C#N)c1S(=O)[O-].[Na+]. The van der Waals surface area contributed by atoms with Gasteiger partial charge in [0.15, 0.2) is 0 Å². The minimum atomic E-state index is -2.50. The molecule has 1 unspecified atom stereocenters. The zero-order chi connectivity index (χ0) is 10.0. The zero-order valence-electron chi connectivity index (χ0n) is 7.70. The predicted octanol–water partition coefficient (Wildman–Crippen LogP) is -1.75. The molecule has 0 radical (unpaired) electrons. The predicted molar refractivity (Wildman–Crippen MR) is 43.0 cm³/mol. The number of nitrogens with zero attached hydrogens (tertiary/aromatic N) is 1. The number of benzene rings is 1. The van der Waals surface area contributed by atoms with Gasteiger partial charge in [0.05, 0.1) is 5.56 Å². The first kappa shape index (κ1) is 13.8. The van der Waals surface area contributed by atoms with Crippen LogP contribution < -0.4 is 29.6 Å². The van der Waals surface area contributed by atoms with E-state index in [4.69, 9.17) is 5.26 Å². The van der Waals surface area contributed by atoms with Gasteiger partial charge in [-0.3, -0.25) is 4.21 Å². The fourth-order valence-corrected chi connectivity index (χ4v) is 1.64. The first-order valence-electron chi connectivity index (χ1n) is 3.35. The van der Waals surface area contributed by atoms with Crippen molar-refractivity contribution >= 4 is 11.1 Å². The molecule has 0 aliphatic heterocycles. The van der Waals surface area contributed by atoms with Crippen molar-refractivity contribution in [3.8, 4) is 6.07 Å². The third kappa shape index (κ3) is 2.87. The number of halogens is 1. The minimum absolute atomic E-state index is 0. The average molecular weight is 221 g/mol. The van der Waals surface area contributed by atoms with Gasteiger partial charge in [-0.2, -0.15) is 5.26 Å². The van der Waals surface area contributed by atoms with Crippen LogP contribution in [0.4, 0.5) is 4.39 Å². The van der Waals surface area contributed by atoms with Gasteiger partial charge < -0.3 is 4.55 Å². The molecule has 1 rings (SSSR count). The molecule has 0 aliphatic carbocycles. The van der Waals surface area contributed by atoms with E-state index in [9.17, 15) is 13.2 Å². The van der Waals surface area contributed by atoms with Crippen LogP contribution in [0.3, 0.4) is 0 Å². The van der Waals surface area contributed by atoms with Gasteiger partial charge in [-0.05, 0) is 35.7 Å². The Morgan fingerprint density at radius 3 is 2.57 bits per heavy atom. The van der Waals surface area contributed by atoms with Crippen molar-refractivity contribution in [2.24, 2.45) is 0 Å². The Kier molecular flexibility index (Phi) is 5.49. The Labute approximate surface area is 106 Å². The van der Waals surface area contributed by atoms with Crippen LogP contribution in [0.25, 0.3) is 0 Å². The maximum atomic E-state index is 12.7. The second-order valence-electron chi connectivity index (χ2n) is 2.45. The van der Waals surface area contributed by atoms with E-state index in [-0.39, 0.29) is 45.6 Å². The van der Waals surface area contributed by atoms with Gasteiger partial charge in [0.25, 0.3) is 0 Å². The van der Waals surface area contributed by atoms with Crippen molar-refractivity contribution in [3.05, 3.63) is 29.1 Å². The van der Waals surface area contributed by atoms with E-state index in [0.29, 0.717) is 0 Å². The van der Waals surface area contributed by atoms with E-state index < -0.39 is 16.9 Å². The Balaban J connectivity index is 0.00000169. The number of aryl methyl sites for hydroxylation is 1. The summed E-state index contributed by atoms with van der Waals surface area (Å²) in [5, 5.41) is 8.53. The molecule has 1 aromatic rings. The summed E-state index contributed by atoms with van der Waals surface area (Å²) in [5.74, 6) is -0.608. The average Bonchev–Trinajstić information content (AvgIpc) is 2.01. The van der Waals surface area contributed by atoms with Gasteiger partial charge in [0.2, 0.25) is 0 Å². The fourth-order valence-electron chi connectivity index (χ4n) is 1.03. The van der Waals surface area contributed by atoms with Crippen molar-refractivity contribution in [1.82, 2.24) is 0 Å². The van der Waals surface area contributed by atoms with Gasteiger partial charge in [-0.15, -0.1) is 0 Å².